The summed E-state index contributed by atoms with van der Waals surface area (Å²) in [7, 11) is 1.70. The van der Waals surface area contributed by atoms with E-state index >= 15 is 0 Å². The molecule has 0 aliphatic carbocycles. The third kappa shape index (κ3) is 1.97. The molecule has 0 radical (unpaired) electrons. The van der Waals surface area contributed by atoms with Crippen LogP contribution in [0.25, 0.3) is 0 Å². The molecular weight excluding hydrogens is 124 g/mol. The molecule has 2 nitrogen and oxygen atoms in total. The summed E-state index contributed by atoms with van der Waals surface area (Å²) in [5, 5.41) is 0. The lowest BCUT2D eigenvalue weighted by atomic mass is 10.2. The van der Waals surface area contributed by atoms with Crippen molar-refractivity contribution in [1.82, 2.24) is 0 Å². The topological polar surface area (TPSA) is 24.7 Å². The molecule has 0 aliphatic heterocycles. The van der Waals surface area contributed by atoms with Crippen molar-refractivity contribution in [3.63, 3.8) is 0 Å². The van der Waals surface area contributed by atoms with Gasteiger partial charge in [0.25, 0.3) is 0 Å². The van der Waals surface area contributed by atoms with Crippen LogP contribution in [-0.4, -0.2) is 19.5 Å². The SMILES string of the molecule is C=CC(=N\C)/C(=C/C)N=C. The minimum Gasteiger partial charge on any atom is -0.286 e. The first kappa shape index (κ1) is 8.82. The smallest absolute Gasteiger partial charge is 0.0831 e. The Morgan fingerprint density at radius 3 is 2.20 bits per heavy atom. The fourth-order valence-electron chi connectivity index (χ4n) is 0.631. The van der Waals surface area contributed by atoms with Crippen molar-refractivity contribution in [2.75, 3.05) is 7.05 Å². The van der Waals surface area contributed by atoms with Crippen LogP contribution in [0.3, 0.4) is 0 Å². The first-order valence-corrected chi connectivity index (χ1v) is 3.02. The molecule has 0 amide bonds. The van der Waals surface area contributed by atoms with Crippen LogP contribution < -0.4 is 0 Å². The molecule has 54 valence electrons. The Morgan fingerprint density at radius 2 is 2.10 bits per heavy atom. The molecule has 0 aliphatic rings. The highest BCUT2D eigenvalue weighted by atomic mass is 14.8. The Bertz CT molecular complexity index is 165. The Kier molecular flexibility index (Phi) is 4.12. The molecule has 0 heterocycles. The van der Waals surface area contributed by atoms with Crippen molar-refractivity contribution in [3.8, 4) is 0 Å². The maximum atomic E-state index is 3.95. The van der Waals surface area contributed by atoms with E-state index in [1.165, 1.54) is 0 Å². The van der Waals surface area contributed by atoms with E-state index in [4.69, 9.17) is 0 Å². The van der Waals surface area contributed by atoms with Gasteiger partial charge in [0.2, 0.25) is 0 Å². The molecule has 0 saturated carbocycles. The minimum absolute atomic E-state index is 0.775. The summed E-state index contributed by atoms with van der Waals surface area (Å²) in [6, 6.07) is 0. The molecule has 0 saturated heterocycles. The Balaban J connectivity index is 4.58. The molecule has 0 bridgehead atoms. The molecule has 0 aromatic carbocycles. The summed E-state index contributed by atoms with van der Waals surface area (Å²) < 4.78 is 0. The molecule has 0 atom stereocenters. The number of rotatable bonds is 3. The summed E-state index contributed by atoms with van der Waals surface area (Å²) in [6.07, 6.45) is 3.50. The fraction of sp³-hybridized carbons (Fsp3) is 0.250. The van der Waals surface area contributed by atoms with Gasteiger partial charge in [0.05, 0.1) is 11.4 Å². The van der Waals surface area contributed by atoms with Crippen molar-refractivity contribution < 1.29 is 0 Å². The van der Waals surface area contributed by atoms with Gasteiger partial charge in [-0.2, -0.15) is 0 Å². The molecular formula is C8H12N2. The molecule has 0 spiro atoms. The van der Waals surface area contributed by atoms with E-state index in [1.807, 2.05) is 13.0 Å². The Labute approximate surface area is 61.7 Å². The largest absolute Gasteiger partial charge is 0.286 e. The van der Waals surface area contributed by atoms with Gasteiger partial charge in [0, 0.05) is 7.05 Å². The van der Waals surface area contributed by atoms with Gasteiger partial charge < -0.3 is 0 Å². The van der Waals surface area contributed by atoms with Crippen molar-refractivity contribution in [1.29, 1.82) is 0 Å². The zero-order chi connectivity index (χ0) is 7.98. The van der Waals surface area contributed by atoms with E-state index in [1.54, 1.807) is 13.1 Å². The highest BCUT2D eigenvalue weighted by Gasteiger charge is 1.94. The van der Waals surface area contributed by atoms with Crippen LogP contribution in [0.1, 0.15) is 6.92 Å². The van der Waals surface area contributed by atoms with Gasteiger partial charge >= 0.3 is 0 Å². The highest BCUT2D eigenvalue weighted by molar-refractivity contribution is 6.08. The quantitative estimate of drug-likeness (QED) is 0.529. The number of hydrogen-bond donors (Lipinski definition) is 0. The van der Waals surface area contributed by atoms with Crippen LogP contribution in [0.15, 0.2) is 34.4 Å². The predicted molar refractivity (Wildman–Crippen MR) is 46.9 cm³/mol. The maximum absolute atomic E-state index is 3.95. The van der Waals surface area contributed by atoms with Gasteiger partial charge in [-0.25, -0.2) is 0 Å². The van der Waals surface area contributed by atoms with E-state index in [-0.39, 0.29) is 0 Å². The lowest BCUT2D eigenvalue weighted by Gasteiger charge is -1.96. The van der Waals surface area contributed by atoms with Crippen LogP contribution in [0.2, 0.25) is 0 Å². The van der Waals surface area contributed by atoms with Crippen molar-refractivity contribution in [3.05, 3.63) is 24.4 Å². The second kappa shape index (κ2) is 4.68. The summed E-state index contributed by atoms with van der Waals surface area (Å²) in [5.41, 5.74) is 1.55. The van der Waals surface area contributed by atoms with E-state index < -0.39 is 0 Å². The second-order valence-corrected chi connectivity index (χ2v) is 1.65. The average molecular weight is 136 g/mol. The van der Waals surface area contributed by atoms with Gasteiger partial charge in [-0.15, -0.1) is 0 Å². The summed E-state index contributed by atoms with van der Waals surface area (Å²) in [6.45, 7) is 8.88. The third-order valence-corrected chi connectivity index (χ3v) is 1.14. The lowest BCUT2D eigenvalue weighted by Crippen LogP contribution is -1.94. The third-order valence-electron chi connectivity index (χ3n) is 1.14. The van der Waals surface area contributed by atoms with Crippen molar-refractivity contribution >= 4 is 12.4 Å². The van der Waals surface area contributed by atoms with Gasteiger partial charge in [-0.05, 0) is 19.7 Å². The molecule has 0 unspecified atom stereocenters. The van der Waals surface area contributed by atoms with Gasteiger partial charge in [-0.3, -0.25) is 9.98 Å². The van der Waals surface area contributed by atoms with E-state index in [0.29, 0.717) is 0 Å². The van der Waals surface area contributed by atoms with Crippen LogP contribution in [0.4, 0.5) is 0 Å². The Hall–Kier alpha value is -1.18. The summed E-state index contributed by atoms with van der Waals surface area (Å²) in [4.78, 5) is 7.70. The van der Waals surface area contributed by atoms with Crippen LogP contribution >= 0.6 is 0 Å². The van der Waals surface area contributed by atoms with E-state index in [0.717, 1.165) is 11.4 Å². The van der Waals surface area contributed by atoms with Crippen molar-refractivity contribution in [2.24, 2.45) is 9.98 Å². The van der Waals surface area contributed by atoms with Gasteiger partial charge in [0.1, 0.15) is 0 Å². The molecule has 2 heteroatoms. The first-order valence-electron chi connectivity index (χ1n) is 3.02. The Morgan fingerprint density at radius 1 is 1.50 bits per heavy atom. The predicted octanol–water partition coefficient (Wildman–Crippen LogP) is 1.85. The van der Waals surface area contributed by atoms with Crippen LogP contribution in [0, 0.1) is 0 Å². The van der Waals surface area contributed by atoms with Crippen LogP contribution in [0.5, 0.6) is 0 Å². The summed E-state index contributed by atoms with van der Waals surface area (Å²) >= 11 is 0. The molecule has 0 aromatic heterocycles. The number of hydrogen-bond acceptors (Lipinski definition) is 2. The molecule has 0 N–H and O–H groups in total. The number of allylic oxidation sites excluding steroid dienone is 2. The monoisotopic (exact) mass is 136 g/mol. The van der Waals surface area contributed by atoms with Gasteiger partial charge in [0.15, 0.2) is 0 Å². The normalized spacial score (nSPS) is 13.0. The zero-order valence-corrected chi connectivity index (χ0v) is 6.46. The van der Waals surface area contributed by atoms with E-state index in [9.17, 15) is 0 Å². The highest BCUT2D eigenvalue weighted by Crippen LogP contribution is 1.99. The standard InChI is InChI=1S/C8H12N2/c1-5-7(9-3)8(6-2)10-4/h5-6H,1,4H2,2-3H3/b8-6-,9-7+. The maximum Gasteiger partial charge on any atom is 0.0831 e. The van der Waals surface area contributed by atoms with Crippen LogP contribution in [-0.2, 0) is 0 Å². The number of aliphatic imine (C=N–C) groups is 2. The average Bonchev–Trinajstić information content (AvgIpc) is 2.00. The molecule has 0 rings (SSSR count). The first-order chi connectivity index (χ1) is 4.79. The zero-order valence-electron chi connectivity index (χ0n) is 6.46. The minimum atomic E-state index is 0.775. The fourth-order valence-corrected chi connectivity index (χ4v) is 0.631. The number of nitrogens with zero attached hydrogens (tertiary/aromatic N) is 2. The lowest BCUT2D eigenvalue weighted by molar-refractivity contribution is 1.38. The van der Waals surface area contributed by atoms with Gasteiger partial charge in [-0.1, -0.05) is 12.7 Å². The summed E-state index contributed by atoms with van der Waals surface area (Å²) in [5.74, 6) is 0. The van der Waals surface area contributed by atoms with Crippen molar-refractivity contribution in [2.45, 2.75) is 6.92 Å². The molecule has 10 heavy (non-hydrogen) atoms. The molecule has 0 fully saturated rings. The molecule has 0 aromatic rings. The van der Waals surface area contributed by atoms with E-state index in [2.05, 4.69) is 23.3 Å². The second-order valence-electron chi connectivity index (χ2n) is 1.65.